The standard InChI is InChI=1S/C32H31F3N4O4/c1-4-43-29(40)21-5-8-25(9-6-21)39-30(41)31(20(2)36-39)18-22-17-23(32(33,34)35)7-14-27(22)38-16-15-37(19-28(31)38)24-10-12-26(42-3)13-11-24/h5-14,17,28H,4,15-16,18-19H2,1-3H3/t28-,31+/m1/s1. The first-order valence-electron chi connectivity index (χ1n) is 14.1. The third kappa shape index (κ3) is 4.76. The number of fused-ring (bicyclic) bond motifs is 4. The number of piperazine rings is 1. The lowest BCUT2D eigenvalue weighted by Crippen LogP contribution is -2.67. The van der Waals surface area contributed by atoms with Gasteiger partial charge in [0, 0.05) is 31.0 Å². The number of carbonyl (C=O) groups excluding carboxylic acids is 2. The summed E-state index contributed by atoms with van der Waals surface area (Å²) in [5.41, 5.74) is 1.50. The highest BCUT2D eigenvalue weighted by Crippen LogP contribution is 2.49. The molecule has 2 atom stereocenters. The number of hydrogen-bond acceptors (Lipinski definition) is 7. The number of benzene rings is 3. The van der Waals surface area contributed by atoms with Gasteiger partial charge < -0.3 is 19.3 Å². The van der Waals surface area contributed by atoms with E-state index in [4.69, 9.17) is 9.47 Å². The van der Waals surface area contributed by atoms with Crippen LogP contribution in [0.1, 0.15) is 35.3 Å². The number of halogens is 3. The van der Waals surface area contributed by atoms with Crippen LogP contribution >= 0.6 is 0 Å². The maximum absolute atomic E-state index is 14.5. The molecule has 3 heterocycles. The van der Waals surface area contributed by atoms with Gasteiger partial charge in [-0.25, -0.2) is 4.79 Å². The summed E-state index contributed by atoms with van der Waals surface area (Å²) < 4.78 is 51.7. The van der Waals surface area contributed by atoms with Gasteiger partial charge in [0.15, 0.2) is 0 Å². The minimum absolute atomic E-state index is 0.0788. The van der Waals surface area contributed by atoms with Gasteiger partial charge >= 0.3 is 12.1 Å². The van der Waals surface area contributed by atoms with E-state index in [0.29, 0.717) is 47.8 Å². The van der Waals surface area contributed by atoms with Crippen LogP contribution in [-0.4, -0.2) is 57.0 Å². The van der Waals surface area contributed by atoms with Crippen molar-refractivity contribution in [1.29, 1.82) is 0 Å². The smallest absolute Gasteiger partial charge is 0.416 e. The molecule has 8 nitrogen and oxygen atoms in total. The third-order valence-electron chi connectivity index (χ3n) is 8.66. The van der Waals surface area contributed by atoms with E-state index in [1.807, 2.05) is 24.3 Å². The molecular formula is C32H31F3N4O4. The Hall–Kier alpha value is -4.54. The number of alkyl halides is 3. The highest BCUT2D eigenvalue weighted by atomic mass is 19.4. The number of ether oxygens (including phenoxy) is 2. The Bertz CT molecular complexity index is 1590. The average molecular weight is 593 g/mol. The predicted octanol–water partition coefficient (Wildman–Crippen LogP) is 5.55. The fourth-order valence-corrected chi connectivity index (χ4v) is 6.47. The Labute approximate surface area is 247 Å². The number of hydrogen-bond donors (Lipinski definition) is 0. The van der Waals surface area contributed by atoms with Crippen molar-refractivity contribution >= 4 is 34.7 Å². The van der Waals surface area contributed by atoms with Gasteiger partial charge in [-0.2, -0.15) is 23.3 Å². The zero-order chi connectivity index (χ0) is 30.5. The van der Waals surface area contributed by atoms with Crippen LogP contribution in [0.3, 0.4) is 0 Å². The molecule has 3 aromatic carbocycles. The average Bonchev–Trinajstić information content (AvgIpc) is 3.26. The van der Waals surface area contributed by atoms with Gasteiger partial charge in [-0.05, 0) is 92.6 Å². The van der Waals surface area contributed by atoms with Crippen LogP contribution in [0, 0.1) is 5.41 Å². The van der Waals surface area contributed by atoms with Gasteiger partial charge in [0.05, 0.1) is 42.3 Å². The summed E-state index contributed by atoms with van der Waals surface area (Å²) in [6.45, 7) is 5.31. The first-order chi connectivity index (χ1) is 20.6. The van der Waals surface area contributed by atoms with Crippen molar-refractivity contribution in [3.63, 3.8) is 0 Å². The summed E-state index contributed by atoms with van der Waals surface area (Å²) >= 11 is 0. The summed E-state index contributed by atoms with van der Waals surface area (Å²) in [4.78, 5) is 30.9. The van der Waals surface area contributed by atoms with Crippen LogP contribution in [0.15, 0.2) is 71.8 Å². The molecule has 0 bridgehead atoms. The second-order valence-corrected chi connectivity index (χ2v) is 10.9. The predicted molar refractivity (Wildman–Crippen MR) is 157 cm³/mol. The van der Waals surface area contributed by atoms with Gasteiger partial charge in [0.2, 0.25) is 0 Å². The molecule has 0 aliphatic carbocycles. The first kappa shape index (κ1) is 28.6. The SMILES string of the molecule is CCOC(=O)c1ccc(N2N=C(C)[C@]3(Cc4cc(C(F)(F)F)ccc4N4CCN(c5ccc(OC)cc5)C[C@@H]43)C2=O)cc1. The zero-order valence-electron chi connectivity index (χ0n) is 24.0. The first-order valence-corrected chi connectivity index (χ1v) is 14.1. The van der Waals surface area contributed by atoms with Crippen LogP contribution in [0.25, 0.3) is 0 Å². The maximum atomic E-state index is 14.5. The molecule has 3 aromatic rings. The highest BCUT2D eigenvalue weighted by molar-refractivity contribution is 6.20. The van der Waals surface area contributed by atoms with Gasteiger partial charge in [0.25, 0.3) is 5.91 Å². The fourth-order valence-electron chi connectivity index (χ4n) is 6.47. The molecule has 3 aliphatic rings. The van der Waals surface area contributed by atoms with Crippen LogP contribution in [0.4, 0.5) is 30.2 Å². The summed E-state index contributed by atoms with van der Waals surface area (Å²) in [5, 5.41) is 6.00. The normalized spacial score (nSPS) is 21.4. The molecular weight excluding hydrogens is 561 g/mol. The van der Waals surface area contributed by atoms with Crippen molar-refractivity contribution in [3.05, 3.63) is 83.4 Å². The number of esters is 1. The molecule has 1 spiro atoms. The second kappa shape index (κ2) is 10.6. The van der Waals surface area contributed by atoms with E-state index < -0.39 is 29.2 Å². The number of anilines is 3. The van der Waals surface area contributed by atoms with E-state index in [0.717, 1.165) is 17.5 Å². The van der Waals surface area contributed by atoms with E-state index in [1.165, 1.54) is 17.1 Å². The molecule has 11 heteroatoms. The molecule has 3 aliphatic heterocycles. The Balaban J connectivity index is 1.40. The number of nitrogens with zero attached hydrogens (tertiary/aromatic N) is 4. The van der Waals surface area contributed by atoms with Crippen molar-refractivity contribution in [2.75, 3.05) is 48.2 Å². The molecule has 1 saturated heterocycles. The van der Waals surface area contributed by atoms with E-state index in [2.05, 4.69) is 14.9 Å². The summed E-state index contributed by atoms with van der Waals surface area (Å²) in [7, 11) is 1.60. The van der Waals surface area contributed by atoms with Crippen molar-refractivity contribution < 1.29 is 32.2 Å². The zero-order valence-corrected chi connectivity index (χ0v) is 24.0. The largest absolute Gasteiger partial charge is 0.497 e. The second-order valence-electron chi connectivity index (χ2n) is 10.9. The molecule has 224 valence electrons. The quantitative estimate of drug-likeness (QED) is 0.362. The molecule has 0 N–H and O–H groups in total. The molecule has 0 unspecified atom stereocenters. The monoisotopic (exact) mass is 592 g/mol. The Morgan fingerprint density at radius 2 is 1.72 bits per heavy atom. The number of hydrazone groups is 1. The fraction of sp³-hybridized carbons (Fsp3) is 0.344. The molecule has 1 fully saturated rings. The Morgan fingerprint density at radius 1 is 1.02 bits per heavy atom. The van der Waals surface area contributed by atoms with Crippen LogP contribution < -0.4 is 19.5 Å². The summed E-state index contributed by atoms with van der Waals surface area (Å²) in [5.74, 6) is -0.0632. The van der Waals surface area contributed by atoms with Gasteiger partial charge in [-0.3, -0.25) is 4.79 Å². The molecule has 6 rings (SSSR count). The van der Waals surface area contributed by atoms with Crippen molar-refractivity contribution in [3.8, 4) is 5.75 Å². The van der Waals surface area contributed by atoms with Crippen molar-refractivity contribution in [2.45, 2.75) is 32.5 Å². The number of carbonyl (C=O) groups is 2. The van der Waals surface area contributed by atoms with E-state index in [9.17, 15) is 22.8 Å². The topological polar surface area (TPSA) is 74.7 Å². The minimum Gasteiger partial charge on any atom is -0.497 e. The highest BCUT2D eigenvalue weighted by Gasteiger charge is 2.60. The van der Waals surface area contributed by atoms with Crippen molar-refractivity contribution in [2.24, 2.45) is 10.5 Å². The van der Waals surface area contributed by atoms with Gasteiger partial charge in [0.1, 0.15) is 11.2 Å². The lowest BCUT2D eigenvalue weighted by atomic mass is 9.67. The third-order valence-corrected chi connectivity index (χ3v) is 8.66. The molecule has 1 amide bonds. The van der Waals surface area contributed by atoms with Crippen LogP contribution in [0.2, 0.25) is 0 Å². The summed E-state index contributed by atoms with van der Waals surface area (Å²) in [6, 6.07) is 17.5. The Kier molecular flexibility index (Phi) is 7.06. The van der Waals surface area contributed by atoms with Crippen LogP contribution in [-0.2, 0) is 22.1 Å². The van der Waals surface area contributed by atoms with Crippen LogP contribution in [0.5, 0.6) is 5.75 Å². The van der Waals surface area contributed by atoms with Gasteiger partial charge in [-0.15, -0.1) is 0 Å². The van der Waals surface area contributed by atoms with Crippen molar-refractivity contribution in [1.82, 2.24) is 0 Å². The lowest BCUT2D eigenvalue weighted by molar-refractivity contribution is -0.137. The molecule has 43 heavy (non-hydrogen) atoms. The number of amides is 1. The number of methoxy groups -OCH3 is 1. The van der Waals surface area contributed by atoms with E-state index >= 15 is 0 Å². The van der Waals surface area contributed by atoms with Gasteiger partial charge in [-0.1, -0.05) is 0 Å². The summed E-state index contributed by atoms with van der Waals surface area (Å²) in [6.07, 6.45) is -4.43. The molecule has 0 aromatic heterocycles. The maximum Gasteiger partial charge on any atom is 0.416 e. The Morgan fingerprint density at radius 3 is 2.37 bits per heavy atom. The minimum atomic E-state index is -4.51. The number of rotatable bonds is 5. The van der Waals surface area contributed by atoms with E-state index in [1.54, 1.807) is 45.2 Å². The lowest BCUT2D eigenvalue weighted by Gasteiger charge is -2.53. The molecule has 0 saturated carbocycles. The van der Waals surface area contributed by atoms with E-state index in [-0.39, 0.29) is 18.9 Å². The molecule has 0 radical (unpaired) electrons.